The summed E-state index contributed by atoms with van der Waals surface area (Å²) in [6, 6.07) is 5.44. The Labute approximate surface area is 146 Å². The molecule has 2 unspecified atom stereocenters. The van der Waals surface area contributed by atoms with Crippen LogP contribution in [0, 0.1) is 11.8 Å². The fourth-order valence-corrected chi connectivity index (χ4v) is 4.50. The summed E-state index contributed by atoms with van der Waals surface area (Å²) < 4.78 is 0.773. The molecule has 0 saturated heterocycles. The van der Waals surface area contributed by atoms with Gasteiger partial charge in [-0.25, -0.2) is 0 Å². The molecule has 4 nitrogen and oxygen atoms in total. The van der Waals surface area contributed by atoms with Crippen molar-refractivity contribution in [1.29, 1.82) is 0 Å². The average Bonchev–Trinajstić information content (AvgIpc) is 3.04. The number of carbonyl (C=O) groups is 1. The average molecular weight is 374 g/mol. The van der Waals surface area contributed by atoms with Gasteiger partial charge < -0.3 is 5.32 Å². The number of amides is 1. The number of benzene rings is 1. The Morgan fingerprint density at radius 3 is 2.73 bits per heavy atom. The molecule has 1 heterocycles. The molecule has 2 atom stereocenters. The second-order valence-electron chi connectivity index (χ2n) is 5.17. The van der Waals surface area contributed by atoms with Crippen molar-refractivity contribution in [1.82, 2.24) is 10.2 Å². The summed E-state index contributed by atoms with van der Waals surface area (Å²) >= 11 is 15.1. The van der Waals surface area contributed by atoms with Crippen LogP contribution in [0.25, 0.3) is 0 Å². The highest BCUT2D eigenvalue weighted by molar-refractivity contribution is 8.00. The summed E-state index contributed by atoms with van der Waals surface area (Å²) in [5.74, 6) is 1.25. The van der Waals surface area contributed by atoms with Gasteiger partial charge in [-0.15, -0.1) is 10.2 Å². The van der Waals surface area contributed by atoms with E-state index >= 15 is 0 Å². The molecule has 8 heteroatoms. The molecule has 0 bridgehead atoms. The predicted molar refractivity (Wildman–Crippen MR) is 91.8 cm³/mol. The molecule has 1 aromatic carbocycles. The van der Waals surface area contributed by atoms with Crippen molar-refractivity contribution in [2.45, 2.75) is 23.4 Å². The summed E-state index contributed by atoms with van der Waals surface area (Å²) in [6.45, 7) is 2.07. The minimum atomic E-state index is 0.0364. The summed E-state index contributed by atoms with van der Waals surface area (Å²) in [5.41, 5.74) is 0.878. The van der Waals surface area contributed by atoms with Crippen LogP contribution in [0.1, 0.15) is 18.9 Å². The highest BCUT2D eigenvalue weighted by Crippen LogP contribution is 2.39. The first kappa shape index (κ1) is 16.1. The Hall–Kier alpha value is -0.820. The van der Waals surface area contributed by atoms with Crippen LogP contribution in [-0.4, -0.2) is 16.1 Å². The predicted octanol–water partition coefficient (Wildman–Crippen LogP) is 4.73. The van der Waals surface area contributed by atoms with E-state index in [4.69, 9.17) is 23.2 Å². The van der Waals surface area contributed by atoms with Gasteiger partial charge in [0.1, 0.15) is 0 Å². The van der Waals surface area contributed by atoms with Crippen molar-refractivity contribution in [3.05, 3.63) is 33.8 Å². The molecule has 3 rings (SSSR count). The van der Waals surface area contributed by atoms with E-state index in [1.54, 1.807) is 0 Å². The summed E-state index contributed by atoms with van der Waals surface area (Å²) in [4.78, 5) is 11.8. The second kappa shape index (κ2) is 6.74. The van der Waals surface area contributed by atoms with Crippen molar-refractivity contribution in [3.63, 3.8) is 0 Å². The van der Waals surface area contributed by atoms with E-state index in [2.05, 4.69) is 22.4 Å². The van der Waals surface area contributed by atoms with E-state index in [-0.39, 0.29) is 11.8 Å². The van der Waals surface area contributed by atoms with Gasteiger partial charge in [0.05, 0.1) is 0 Å². The zero-order valence-corrected chi connectivity index (χ0v) is 14.8. The highest BCUT2D eigenvalue weighted by Gasteiger charge is 2.39. The number of hydrogen-bond acceptors (Lipinski definition) is 5. The molecule has 1 aliphatic carbocycles. The molecule has 22 heavy (non-hydrogen) atoms. The summed E-state index contributed by atoms with van der Waals surface area (Å²) in [7, 11) is 0. The normalized spacial score (nSPS) is 20.0. The number of anilines is 1. The number of nitrogens with zero attached hydrogens (tertiary/aromatic N) is 2. The lowest BCUT2D eigenvalue weighted by atomic mass is 10.2. The van der Waals surface area contributed by atoms with Crippen molar-refractivity contribution in [2.75, 3.05) is 5.32 Å². The van der Waals surface area contributed by atoms with Crippen LogP contribution in [0.2, 0.25) is 10.0 Å². The third kappa shape index (κ3) is 3.74. The zero-order chi connectivity index (χ0) is 15.7. The fourth-order valence-electron chi connectivity index (χ4n) is 2.01. The number of halogens is 2. The van der Waals surface area contributed by atoms with E-state index in [1.165, 1.54) is 23.1 Å². The van der Waals surface area contributed by atoms with E-state index in [0.717, 1.165) is 16.3 Å². The lowest BCUT2D eigenvalue weighted by Gasteiger charge is -2.04. The minimum Gasteiger partial charge on any atom is -0.300 e. The Bertz CT molecular complexity index is 687. The van der Waals surface area contributed by atoms with E-state index in [9.17, 15) is 4.79 Å². The largest absolute Gasteiger partial charge is 0.300 e. The van der Waals surface area contributed by atoms with Crippen molar-refractivity contribution in [3.8, 4) is 0 Å². The van der Waals surface area contributed by atoms with Crippen LogP contribution < -0.4 is 5.32 Å². The van der Waals surface area contributed by atoms with Gasteiger partial charge >= 0.3 is 0 Å². The molecular formula is C14H13Cl2N3OS2. The van der Waals surface area contributed by atoms with Crippen LogP contribution in [0.5, 0.6) is 0 Å². The molecule has 1 amide bonds. The van der Waals surface area contributed by atoms with Gasteiger partial charge in [-0.05, 0) is 30.0 Å². The fraction of sp³-hybridized carbons (Fsp3) is 0.357. The molecule has 1 aliphatic rings. The van der Waals surface area contributed by atoms with Crippen LogP contribution in [-0.2, 0) is 10.5 Å². The van der Waals surface area contributed by atoms with E-state index in [1.807, 2.05) is 18.2 Å². The van der Waals surface area contributed by atoms with Gasteiger partial charge in [0.2, 0.25) is 11.0 Å². The van der Waals surface area contributed by atoms with Gasteiger partial charge in [-0.1, -0.05) is 59.3 Å². The molecular weight excluding hydrogens is 361 g/mol. The minimum absolute atomic E-state index is 0.0364. The van der Waals surface area contributed by atoms with Crippen molar-refractivity contribution >= 4 is 57.3 Å². The first-order valence-corrected chi connectivity index (χ1v) is 9.30. The zero-order valence-electron chi connectivity index (χ0n) is 11.7. The Morgan fingerprint density at radius 2 is 2.09 bits per heavy atom. The van der Waals surface area contributed by atoms with Crippen LogP contribution in [0.3, 0.4) is 0 Å². The lowest BCUT2D eigenvalue weighted by molar-refractivity contribution is -0.117. The molecule has 2 aromatic rings. The van der Waals surface area contributed by atoms with Crippen LogP contribution >= 0.6 is 46.3 Å². The van der Waals surface area contributed by atoms with Gasteiger partial charge in [0.25, 0.3) is 0 Å². The summed E-state index contributed by atoms with van der Waals surface area (Å²) in [5, 5.41) is 12.7. The molecule has 1 N–H and O–H groups in total. The van der Waals surface area contributed by atoms with Gasteiger partial charge in [0, 0.05) is 21.7 Å². The van der Waals surface area contributed by atoms with Crippen molar-refractivity contribution in [2.24, 2.45) is 11.8 Å². The van der Waals surface area contributed by atoms with E-state index in [0.29, 0.717) is 26.8 Å². The maximum absolute atomic E-state index is 11.8. The molecule has 116 valence electrons. The monoisotopic (exact) mass is 373 g/mol. The van der Waals surface area contributed by atoms with Crippen molar-refractivity contribution < 1.29 is 4.79 Å². The highest BCUT2D eigenvalue weighted by atomic mass is 35.5. The summed E-state index contributed by atoms with van der Waals surface area (Å²) in [6.07, 6.45) is 0.956. The van der Waals surface area contributed by atoms with Crippen LogP contribution in [0.4, 0.5) is 5.13 Å². The number of nitrogens with one attached hydrogen (secondary N) is 1. The Morgan fingerprint density at radius 1 is 1.41 bits per heavy atom. The third-order valence-corrected chi connectivity index (χ3v) is 6.19. The maximum Gasteiger partial charge on any atom is 0.229 e. The molecule has 0 radical (unpaired) electrons. The lowest BCUT2D eigenvalue weighted by Crippen LogP contribution is -2.14. The standard InChI is InChI=1S/C14H13Cl2N3OS2/c1-7-5-8(7)12(20)17-13-18-19-14(22-13)21-6-9-10(15)3-2-4-11(9)16/h2-4,7-8H,5-6H2,1H3,(H,17,18,20). The number of hydrogen-bond donors (Lipinski definition) is 1. The molecule has 0 spiro atoms. The SMILES string of the molecule is CC1CC1C(=O)Nc1nnc(SCc2c(Cl)cccc2Cl)s1. The van der Waals surface area contributed by atoms with Crippen LogP contribution in [0.15, 0.2) is 22.5 Å². The topological polar surface area (TPSA) is 54.9 Å². The Balaban J connectivity index is 1.59. The van der Waals surface area contributed by atoms with Gasteiger partial charge in [-0.2, -0.15) is 0 Å². The quantitative estimate of drug-likeness (QED) is 0.607. The Kier molecular flexibility index (Phi) is 4.92. The van der Waals surface area contributed by atoms with E-state index < -0.39 is 0 Å². The first-order valence-electron chi connectivity index (χ1n) is 6.74. The number of aromatic nitrogens is 2. The molecule has 0 aliphatic heterocycles. The van der Waals surface area contributed by atoms with Gasteiger partial charge in [-0.3, -0.25) is 4.79 Å². The van der Waals surface area contributed by atoms with Gasteiger partial charge in [0.15, 0.2) is 4.34 Å². The molecule has 1 aromatic heterocycles. The first-order chi connectivity index (χ1) is 10.5. The smallest absolute Gasteiger partial charge is 0.229 e. The maximum atomic E-state index is 11.8. The number of carbonyl (C=O) groups excluding carboxylic acids is 1. The number of rotatable bonds is 5. The second-order valence-corrected chi connectivity index (χ2v) is 8.19. The third-order valence-electron chi connectivity index (χ3n) is 3.48. The molecule has 1 fully saturated rings. The molecule has 1 saturated carbocycles. The number of thioether (sulfide) groups is 1.